The predicted molar refractivity (Wildman–Crippen MR) is 53.6 cm³/mol. The van der Waals surface area contributed by atoms with Gasteiger partial charge in [-0.3, -0.25) is 9.59 Å². The maximum atomic E-state index is 11.6. The third kappa shape index (κ3) is 4.81. The molecule has 0 N–H and O–H groups in total. The Labute approximate surface area is 80.7 Å². The van der Waals surface area contributed by atoms with E-state index < -0.39 is 5.41 Å². The molecule has 0 saturated heterocycles. The van der Waals surface area contributed by atoms with E-state index in [9.17, 15) is 9.59 Å². The lowest BCUT2D eigenvalue weighted by Gasteiger charge is -2.21. The first-order chi connectivity index (χ1) is 5.90. The Hall–Kier alpha value is -0.660. The molecule has 0 aromatic carbocycles. The monoisotopic (exact) mass is 184 g/mol. The molecule has 0 unspecified atom stereocenters. The fourth-order valence-electron chi connectivity index (χ4n) is 1.40. The Balaban J connectivity index is 4.10. The molecule has 0 heterocycles. The van der Waals surface area contributed by atoms with Crippen molar-refractivity contribution in [3.63, 3.8) is 0 Å². The zero-order valence-electron chi connectivity index (χ0n) is 9.14. The standard InChI is InChI=1S/C11H20O2/c1-5-6-7-10(13)11(3,4)8-9(2)12/h5-8H2,1-4H3. The summed E-state index contributed by atoms with van der Waals surface area (Å²) in [5.41, 5.74) is -0.457. The van der Waals surface area contributed by atoms with E-state index in [0.717, 1.165) is 12.8 Å². The topological polar surface area (TPSA) is 34.1 Å². The summed E-state index contributed by atoms with van der Waals surface area (Å²) in [5, 5.41) is 0. The quantitative estimate of drug-likeness (QED) is 0.636. The minimum absolute atomic E-state index is 0.0925. The zero-order chi connectivity index (χ0) is 10.5. The van der Waals surface area contributed by atoms with Crippen LogP contribution in [0.3, 0.4) is 0 Å². The van der Waals surface area contributed by atoms with Crippen molar-refractivity contribution in [3.8, 4) is 0 Å². The van der Waals surface area contributed by atoms with Gasteiger partial charge in [-0.25, -0.2) is 0 Å². The fourth-order valence-corrected chi connectivity index (χ4v) is 1.40. The molecule has 0 saturated carbocycles. The second-order valence-corrected chi connectivity index (χ2v) is 4.29. The van der Waals surface area contributed by atoms with Crippen LogP contribution in [0, 0.1) is 5.41 Å². The molecule has 2 heteroatoms. The van der Waals surface area contributed by atoms with Crippen LogP contribution in [0.1, 0.15) is 53.4 Å². The molecule has 0 atom stereocenters. The molecule has 0 aliphatic rings. The second-order valence-electron chi connectivity index (χ2n) is 4.29. The largest absolute Gasteiger partial charge is 0.300 e. The van der Waals surface area contributed by atoms with E-state index in [2.05, 4.69) is 6.92 Å². The summed E-state index contributed by atoms with van der Waals surface area (Å²) in [4.78, 5) is 22.5. The lowest BCUT2D eigenvalue weighted by Crippen LogP contribution is -2.26. The van der Waals surface area contributed by atoms with Crippen LogP contribution < -0.4 is 0 Å². The SMILES string of the molecule is CCCCC(=O)C(C)(C)CC(C)=O. The van der Waals surface area contributed by atoms with Crippen LogP contribution >= 0.6 is 0 Å². The highest BCUT2D eigenvalue weighted by Crippen LogP contribution is 2.24. The highest BCUT2D eigenvalue weighted by Gasteiger charge is 2.27. The Morgan fingerprint density at radius 1 is 1.23 bits per heavy atom. The van der Waals surface area contributed by atoms with E-state index in [1.54, 1.807) is 0 Å². The molecule has 0 aliphatic heterocycles. The average Bonchev–Trinajstić information content (AvgIpc) is 1.97. The second kappa shape index (κ2) is 5.15. The van der Waals surface area contributed by atoms with Crippen LogP contribution in [-0.4, -0.2) is 11.6 Å². The van der Waals surface area contributed by atoms with Gasteiger partial charge in [0.15, 0.2) is 0 Å². The van der Waals surface area contributed by atoms with Gasteiger partial charge in [0.2, 0.25) is 0 Å². The van der Waals surface area contributed by atoms with Crippen molar-refractivity contribution in [1.82, 2.24) is 0 Å². The number of carbonyl (C=O) groups excluding carboxylic acids is 2. The summed E-state index contributed by atoms with van der Waals surface area (Å²) in [6, 6.07) is 0. The molecule has 76 valence electrons. The van der Waals surface area contributed by atoms with E-state index in [1.807, 2.05) is 13.8 Å². The smallest absolute Gasteiger partial charge is 0.138 e. The van der Waals surface area contributed by atoms with E-state index in [1.165, 1.54) is 6.92 Å². The molecule has 0 fully saturated rings. The number of ketones is 2. The van der Waals surface area contributed by atoms with Crippen molar-refractivity contribution in [1.29, 1.82) is 0 Å². The van der Waals surface area contributed by atoms with Crippen molar-refractivity contribution >= 4 is 11.6 Å². The van der Waals surface area contributed by atoms with Crippen molar-refractivity contribution in [2.75, 3.05) is 0 Å². The molecule has 2 nitrogen and oxygen atoms in total. The normalized spacial score (nSPS) is 11.4. The van der Waals surface area contributed by atoms with Gasteiger partial charge in [-0.05, 0) is 13.3 Å². The molecule has 0 aromatic rings. The first-order valence-corrected chi connectivity index (χ1v) is 4.93. The Morgan fingerprint density at radius 2 is 1.77 bits per heavy atom. The van der Waals surface area contributed by atoms with Crippen LogP contribution in [0.2, 0.25) is 0 Å². The Kier molecular flexibility index (Phi) is 4.89. The minimum Gasteiger partial charge on any atom is -0.300 e. The number of unbranched alkanes of at least 4 members (excludes halogenated alkanes) is 1. The highest BCUT2D eigenvalue weighted by molar-refractivity contribution is 5.89. The van der Waals surface area contributed by atoms with Crippen molar-refractivity contribution < 1.29 is 9.59 Å². The maximum absolute atomic E-state index is 11.6. The number of carbonyl (C=O) groups is 2. The molecule has 0 spiro atoms. The molecule has 0 radical (unpaired) electrons. The van der Waals surface area contributed by atoms with Gasteiger partial charge in [0.05, 0.1) is 0 Å². The summed E-state index contributed by atoms with van der Waals surface area (Å²) in [5.74, 6) is 0.305. The summed E-state index contributed by atoms with van der Waals surface area (Å²) in [6.07, 6.45) is 2.94. The van der Waals surface area contributed by atoms with Crippen LogP contribution in [-0.2, 0) is 9.59 Å². The highest BCUT2D eigenvalue weighted by atomic mass is 16.1. The van der Waals surface area contributed by atoms with Crippen molar-refractivity contribution in [2.45, 2.75) is 53.4 Å². The van der Waals surface area contributed by atoms with Gasteiger partial charge in [-0.15, -0.1) is 0 Å². The van der Waals surface area contributed by atoms with E-state index in [4.69, 9.17) is 0 Å². The molecule has 0 aliphatic carbocycles. The van der Waals surface area contributed by atoms with Crippen molar-refractivity contribution in [3.05, 3.63) is 0 Å². The summed E-state index contributed by atoms with van der Waals surface area (Å²) < 4.78 is 0. The van der Waals surface area contributed by atoms with Crippen molar-refractivity contribution in [2.24, 2.45) is 5.41 Å². The summed E-state index contributed by atoms with van der Waals surface area (Å²) in [6.45, 7) is 7.30. The lowest BCUT2D eigenvalue weighted by atomic mass is 9.81. The first kappa shape index (κ1) is 12.3. The molecular formula is C11H20O2. The molecule has 0 rings (SSSR count). The number of rotatable bonds is 6. The molecule has 0 aromatic heterocycles. The number of hydrogen-bond acceptors (Lipinski definition) is 2. The molecule has 0 bridgehead atoms. The van der Waals surface area contributed by atoms with Crippen LogP contribution in [0.15, 0.2) is 0 Å². The van der Waals surface area contributed by atoms with Gasteiger partial charge in [0.1, 0.15) is 11.6 Å². The van der Waals surface area contributed by atoms with Gasteiger partial charge >= 0.3 is 0 Å². The average molecular weight is 184 g/mol. The van der Waals surface area contributed by atoms with E-state index in [0.29, 0.717) is 12.8 Å². The number of Topliss-reactive ketones (excluding diaryl/α,β-unsaturated/α-hetero) is 2. The predicted octanol–water partition coefficient (Wildman–Crippen LogP) is 2.75. The molecular weight excluding hydrogens is 164 g/mol. The van der Waals surface area contributed by atoms with Crippen LogP contribution in [0.5, 0.6) is 0 Å². The van der Waals surface area contributed by atoms with Gasteiger partial charge in [0.25, 0.3) is 0 Å². The molecule has 13 heavy (non-hydrogen) atoms. The number of hydrogen-bond donors (Lipinski definition) is 0. The van der Waals surface area contributed by atoms with Gasteiger partial charge in [0, 0.05) is 18.3 Å². The lowest BCUT2D eigenvalue weighted by molar-refractivity contribution is -0.131. The van der Waals surface area contributed by atoms with Gasteiger partial charge < -0.3 is 0 Å². The third-order valence-electron chi connectivity index (χ3n) is 2.20. The van der Waals surface area contributed by atoms with Crippen LogP contribution in [0.4, 0.5) is 0 Å². The maximum Gasteiger partial charge on any atom is 0.138 e. The fraction of sp³-hybridized carbons (Fsp3) is 0.818. The summed E-state index contributed by atoms with van der Waals surface area (Å²) in [7, 11) is 0. The minimum atomic E-state index is -0.457. The van der Waals surface area contributed by atoms with Crippen LogP contribution in [0.25, 0.3) is 0 Å². The third-order valence-corrected chi connectivity index (χ3v) is 2.20. The van der Waals surface area contributed by atoms with E-state index >= 15 is 0 Å². The zero-order valence-corrected chi connectivity index (χ0v) is 9.14. The van der Waals surface area contributed by atoms with E-state index in [-0.39, 0.29) is 11.6 Å². The van der Waals surface area contributed by atoms with Gasteiger partial charge in [-0.2, -0.15) is 0 Å². The summed E-state index contributed by atoms with van der Waals surface area (Å²) >= 11 is 0. The molecule has 0 amide bonds. The Bertz CT molecular complexity index is 192. The first-order valence-electron chi connectivity index (χ1n) is 4.93. The van der Waals surface area contributed by atoms with Gasteiger partial charge in [-0.1, -0.05) is 27.2 Å². The Morgan fingerprint density at radius 3 is 2.15 bits per heavy atom.